The molecule has 0 aromatic heterocycles. The molecule has 1 saturated heterocycles. The van der Waals surface area contributed by atoms with Crippen molar-refractivity contribution in [3.63, 3.8) is 0 Å². The highest BCUT2D eigenvalue weighted by Gasteiger charge is 2.42. The minimum absolute atomic E-state index is 0.0553. The Balaban J connectivity index is 2.33. The molecule has 1 aromatic carbocycles. The van der Waals surface area contributed by atoms with E-state index in [0.29, 0.717) is 5.69 Å². The summed E-state index contributed by atoms with van der Waals surface area (Å²) in [6, 6.07) is 4.96. The monoisotopic (exact) mass is 250 g/mol. The SMILES string of the molecule is CC(C)(C)N1CC(=O)N(c2ccc(F)cc2)C1=O. The second-order valence-corrected chi connectivity index (χ2v) is 5.25. The van der Waals surface area contributed by atoms with Gasteiger partial charge in [-0.25, -0.2) is 14.1 Å². The number of hydrogen-bond acceptors (Lipinski definition) is 2. The number of benzene rings is 1. The van der Waals surface area contributed by atoms with E-state index in [1.54, 1.807) is 0 Å². The van der Waals surface area contributed by atoms with Gasteiger partial charge in [0, 0.05) is 5.54 Å². The van der Waals surface area contributed by atoms with Gasteiger partial charge in [0.15, 0.2) is 0 Å². The fourth-order valence-electron chi connectivity index (χ4n) is 1.87. The molecular weight excluding hydrogens is 235 g/mol. The van der Waals surface area contributed by atoms with Gasteiger partial charge in [0.05, 0.1) is 5.69 Å². The van der Waals surface area contributed by atoms with Crippen molar-refractivity contribution in [2.24, 2.45) is 0 Å². The van der Waals surface area contributed by atoms with Gasteiger partial charge >= 0.3 is 6.03 Å². The smallest absolute Gasteiger partial charge is 0.310 e. The summed E-state index contributed by atoms with van der Waals surface area (Å²) in [6.45, 7) is 5.66. The normalized spacial score (nSPS) is 16.7. The van der Waals surface area contributed by atoms with Crippen LogP contribution in [0, 0.1) is 5.82 Å². The number of nitrogens with zero attached hydrogens (tertiary/aromatic N) is 2. The van der Waals surface area contributed by atoms with Gasteiger partial charge in [0.25, 0.3) is 5.91 Å². The molecule has 1 heterocycles. The van der Waals surface area contributed by atoms with E-state index in [-0.39, 0.29) is 18.5 Å². The van der Waals surface area contributed by atoms with Crippen LogP contribution in [0.1, 0.15) is 20.8 Å². The average molecular weight is 250 g/mol. The van der Waals surface area contributed by atoms with Crippen LogP contribution in [-0.2, 0) is 4.79 Å². The zero-order valence-electron chi connectivity index (χ0n) is 10.6. The van der Waals surface area contributed by atoms with Gasteiger partial charge in [-0.1, -0.05) is 0 Å². The van der Waals surface area contributed by atoms with Gasteiger partial charge in [-0.05, 0) is 45.0 Å². The quantitative estimate of drug-likeness (QED) is 0.718. The highest BCUT2D eigenvalue weighted by molar-refractivity contribution is 6.20. The van der Waals surface area contributed by atoms with Crippen molar-refractivity contribution in [3.8, 4) is 0 Å². The van der Waals surface area contributed by atoms with Crippen molar-refractivity contribution < 1.29 is 14.0 Å². The molecule has 0 bridgehead atoms. The van der Waals surface area contributed by atoms with E-state index in [1.807, 2.05) is 20.8 Å². The van der Waals surface area contributed by atoms with E-state index < -0.39 is 11.4 Å². The maximum Gasteiger partial charge on any atom is 0.332 e. The molecule has 3 amide bonds. The highest BCUT2D eigenvalue weighted by atomic mass is 19.1. The lowest BCUT2D eigenvalue weighted by Crippen LogP contribution is -2.44. The minimum atomic E-state index is -0.415. The Kier molecular flexibility index (Phi) is 2.84. The lowest BCUT2D eigenvalue weighted by atomic mass is 10.1. The summed E-state index contributed by atoms with van der Waals surface area (Å²) in [5.41, 5.74) is -0.0141. The number of urea groups is 1. The molecule has 2 rings (SSSR count). The second-order valence-electron chi connectivity index (χ2n) is 5.25. The van der Waals surface area contributed by atoms with Crippen molar-refractivity contribution in [1.29, 1.82) is 0 Å². The number of halogens is 1. The van der Waals surface area contributed by atoms with Crippen LogP contribution >= 0.6 is 0 Å². The highest BCUT2D eigenvalue weighted by Crippen LogP contribution is 2.26. The van der Waals surface area contributed by atoms with E-state index in [1.165, 1.54) is 29.2 Å². The Morgan fingerprint density at radius 3 is 2.11 bits per heavy atom. The number of anilines is 1. The number of hydrogen-bond donors (Lipinski definition) is 0. The summed E-state index contributed by atoms with van der Waals surface area (Å²) < 4.78 is 12.8. The third kappa shape index (κ3) is 2.08. The van der Waals surface area contributed by atoms with Crippen LogP contribution in [-0.4, -0.2) is 28.9 Å². The molecule has 1 aromatic rings. The molecule has 5 heteroatoms. The van der Waals surface area contributed by atoms with Crippen LogP contribution in [0.5, 0.6) is 0 Å². The van der Waals surface area contributed by atoms with E-state index in [2.05, 4.69) is 0 Å². The molecule has 0 N–H and O–H groups in total. The van der Waals surface area contributed by atoms with Crippen LogP contribution in [0.2, 0.25) is 0 Å². The maximum absolute atomic E-state index is 12.8. The number of carbonyl (C=O) groups is 2. The van der Waals surface area contributed by atoms with E-state index >= 15 is 0 Å². The zero-order valence-corrected chi connectivity index (χ0v) is 10.6. The summed E-state index contributed by atoms with van der Waals surface area (Å²) in [4.78, 5) is 26.7. The Morgan fingerprint density at radius 2 is 1.67 bits per heavy atom. The first-order chi connectivity index (χ1) is 8.30. The lowest BCUT2D eigenvalue weighted by Gasteiger charge is -2.30. The Hall–Kier alpha value is -1.91. The van der Waals surface area contributed by atoms with Crippen LogP contribution in [0.3, 0.4) is 0 Å². The Labute approximate surface area is 105 Å². The van der Waals surface area contributed by atoms with Crippen molar-refractivity contribution in [2.45, 2.75) is 26.3 Å². The van der Waals surface area contributed by atoms with Crippen LogP contribution in [0.25, 0.3) is 0 Å². The van der Waals surface area contributed by atoms with Crippen LogP contribution < -0.4 is 4.90 Å². The van der Waals surface area contributed by atoms with Crippen molar-refractivity contribution in [1.82, 2.24) is 4.90 Å². The first-order valence-electron chi connectivity index (χ1n) is 5.71. The van der Waals surface area contributed by atoms with E-state index in [0.717, 1.165) is 4.90 Å². The van der Waals surface area contributed by atoms with Gasteiger partial charge in [0.2, 0.25) is 0 Å². The largest absolute Gasteiger partial charge is 0.332 e. The number of imide groups is 1. The molecule has 0 aliphatic carbocycles. The van der Waals surface area contributed by atoms with Gasteiger partial charge < -0.3 is 4.90 Å². The summed E-state index contributed by atoms with van der Waals surface area (Å²) in [5.74, 6) is -0.688. The third-order valence-electron chi connectivity index (χ3n) is 2.86. The molecule has 1 aliphatic heterocycles. The average Bonchev–Trinajstić information content (AvgIpc) is 2.56. The predicted octanol–water partition coefficient (Wildman–Crippen LogP) is 2.39. The molecular formula is C13H15FN2O2. The van der Waals surface area contributed by atoms with Crippen molar-refractivity contribution in [2.75, 3.05) is 11.4 Å². The molecule has 1 aliphatic rings. The van der Waals surface area contributed by atoms with E-state index in [4.69, 9.17) is 0 Å². The topological polar surface area (TPSA) is 40.6 Å². The van der Waals surface area contributed by atoms with Gasteiger partial charge in [-0.15, -0.1) is 0 Å². The summed E-state index contributed by atoms with van der Waals surface area (Å²) in [6.07, 6.45) is 0. The van der Waals surface area contributed by atoms with E-state index in [9.17, 15) is 14.0 Å². The molecule has 0 radical (unpaired) electrons. The Bertz CT molecular complexity index is 491. The minimum Gasteiger partial charge on any atom is -0.310 e. The van der Waals surface area contributed by atoms with Crippen molar-refractivity contribution >= 4 is 17.6 Å². The number of carbonyl (C=O) groups excluding carboxylic acids is 2. The third-order valence-corrected chi connectivity index (χ3v) is 2.86. The Morgan fingerprint density at radius 1 is 1.11 bits per heavy atom. The molecule has 1 fully saturated rings. The fraction of sp³-hybridized carbons (Fsp3) is 0.385. The standard InChI is InChI=1S/C13H15FN2O2/c1-13(2,3)15-8-11(17)16(12(15)18)10-6-4-9(14)5-7-10/h4-7H,8H2,1-3H3. The van der Waals surface area contributed by atoms with Crippen molar-refractivity contribution in [3.05, 3.63) is 30.1 Å². The lowest BCUT2D eigenvalue weighted by molar-refractivity contribution is -0.117. The fourth-order valence-corrected chi connectivity index (χ4v) is 1.87. The summed E-state index contributed by atoms with van der Waals surface area (Å²) in [5, 5.41) is 0. The first kappa shape index (κ1) is 12.5. The first-order valence-corrected chi connectivity index (χ1v) is 5.71. The summed E-state index contributed by atoms with van der Waals surface area (Å²) >= 11 is 0. The molecule has 0 atom stereocenters. The zero-order chi connectivity index (χ0) is 13.5. The van der Waals surface area contributed by atoms with Gasteiger partial charge in [-0.2, -0.15) is 0 Å². The van der Waals surface area contributed by atoms with Crippen LogP contribution in [0.15, 0.2) is 24.3 Å². The van der Waals surface area contributed by atoms with Gasteiger partial charge in [-0.3, -0.25) is 4.79 Å². The van der Waals surface area contributed by atoms with Gasteiger partial charge in [0.1, 0.15) is 12.4 Å². The molecule has 18 heavy (non-hydrogen) atoms. The predicted molar refractivity (Wildman–Crippen MR) is 65.7 cm³/mol. The molecule has 4 nitrogen and oxygen atoms in total. The molecule has 0 saturated carbocycles. The maximum atomic E-state index is 12.8. The number of rotatable bonds is 1. The second kappa shape index (κ2) is 4.08. The molecule has 96 valence electrons. The van der Waals surface area contributed by atoms with Crippen LogP contribution in [0.4, 0.5) is 14.9 Å². The summed E-state index contributed by atoms with van der Waals surface area (Å²) in [7, 11) is 0. The molecule has 0 unspecified atom stereocenters. The number of amides is 3. The molecule has 0 spiro atoms.